The van der Waals surface area contributed by atoms with Crippen molar-refractivity contribution in [2.45, 2.75) is 19.8 Å². The van der Waals surface area contributed by atoms with Gasteiger partial charge in [-0.15, -0.1) is 0 Å². The predicted molar refractivity (Wildman–Crippen MR) is 106 cm³/mol. The first-order chi connectivity index (χ1) is 12.2. The Morgan fingerprint density at radius 1 is 1.00 bits per heavy atom. The zero-order valence-corrected chi connectivity index (χ0v) is 14.5. The molecule has 124 valence electrons. The molecule has 1 aliphatic carbocycles. The Morgan fingerprint density at radius 2 is 1.76 bits per heavy atom. The number of hydrogen-bond acceptors (Lipinski definition) is 2. The van der Waals surface area contributed by atoms with Crippen LogP contribution in [0.15, 0.2) is 96.5 Å². The molecule has 0 aromatic heterocycles. The van der Waals surface area contributed by atoms with E-state index in [9.17, 15) is 0 Å². The summed E-state index contributed by atoms with van der Waals surface area (Å²) < 4.78 is 0. The van der Waals surface area contributed by atoms with E-state index in [0.29, 0.717) is 0 Å². The van der Waals surface area contributed by atoms with Crippen molar-refractivity contribution in [3.8, 4) is 0 Å². The van der Waals surface area contributed by atoms with Crippen LogP contribution in [0.5, 0.6) is 0 Å². The molecule has 25 heavy (non-hydrogen) atoms. The summed E-state index contributed by atoms with van der Waals surface area (Å²) in [4.78, 5) is 2.32. The minimum absolute atomic E-state index is 0.908. The lowest BCUT2D eigenvalue weighted by Crippen LogP contribution is -2.16. The van der Waals surface area contributed by atoms with Crippen molar-refractivity contribution in [1.29, 1.82) is 0 Å². The van der Waals surface area contributed by atoms with E-state index in [1.807, 2.05) is 0 Å². The molecule has 0 amide bonds. The van der Waals surface area contributed by atoms with Crippen molar-refractivity contribution in [2.24, 2.45) is 0 Å². The number of anilines is 2. The van der Waals surface area contributed by atoms with Gasteiger partial charge in [0.15, 0.2) is 0 Å². The highest BCUT2D eigenvalue weighted by molar-refractivity contribution is 5.85. The van der Waals surface area contributed by atoms with Crippen LogP contribution >= 0.6 is 0 Å². The van der Waals surface area contributed by atoms with Crippen LogP contribution in [0.25, 0.3) is 5.57 Å². The lowest BCUT2D eigenvalue weighted by molar-refractivity contribution is 0.970. The fraction of sp³-hybridized carbons (Fsp3) is 0.130. The van der Waals surface area contributed by atoms with E-state index in [-0.39, 0.29) is 0 Å². The summed E-state index contributed by atoms with van der Waals surface area (Å²) in [5.41, 5.74) is 8.20. The lowest BCUT2D eigenvalue weighted by atomic mass is 9.93. The molecule has 2 aromatic carbocycles. The van der Waals surface area contributed by atoms with Gasteiger partial charge in [0.2, 0.25) is 0 Å². The minimum Gasteiger partial charge on any atom is -0.356 e. The molecule has 1 N–H and O–H groups in total. The highest BCUT2D eigenvalue weighted by Gasteiger charge is 2.21. The van der Waals surface area contributed by atoms with E-state index < -0.39 is 0 Å². The number of allylic oxidation sites excluding steroid dienone is 5. The van der Waals surface area contributed by atoms with Crippen molar-refractivity contribution in [3.63, 3.8) is 0 Å². The molecule has 0 spiro atoms. The Balaban J connectivity index is 1.99. The van der Waals surface area contributed by atoms with Crippen molar-refractivity contribution in [1.82, 2.24) is 5.32 Å². The van der Waals surface area contributed by atoms with Crippen molar-refractivity contribution in [2.75, 3.05) is 4.90 Å². The van der Waals surface area contributed by atoms with Crippen LogP contribution in [0, 0.1) is 0 Å². The Labute approximate surface area is 149 Å². The Hall–Kier alpha value is -3.00. The summed E-state index contributed by atoms with van der Waals surface area (Å²) in [5, 5.41) is 3.50. The largest absolute Gasteiger partial charge is 0.356 e. The third-order valence-corrected chi connectivity index (χ3v) is 4.69. The van der Waals surface area contributed by atoms with Gasteiger partial charge in [0, 0.05) is 28.3 Å². The molecule has 0 saturated carbocycles. The summed E-state index contributed by atoms with van der Waals surface area (Å²) in [5.74, 6) is 0. The maximum Gasteiger partial charge on any atom is 0.0534 e. The molecule has 0 fully saturated rings. The Bertz CT molecular complexity index is 901. The maximum absolute atomic E-state index is 4.21. The zero-order chi connectivity index (χ0) is 17.2. The third-order valence-electron chi connectivity index (χ3n) is 4.69. The second kappa shape index (κ2) is 6.48. The maximum atomic E-state index is 4.21. The van der Waals surface area contributed by atoms with Gasteiger partial charge in [0.25, 0.3) is 0 Å². The normalized spacial score (nSPS) is 19.0. The quantitative estimate of drug-likeness (QED) is 0.701. The number of benzene rings is 2. The highest BCUT2D eigenvalue weighted by atomic mass is 15.1. The van der Waals surface area contributed by atoms with E-state index >= 15 is 0 Å². The summed E-state index contributed by atoms with van der Waals surface area (Å²) in [6, 6.07) is 19.2. The van der Waals surface area contributed by atoms with Gasteiger partial charge in [0.1, 0.15) is 0 Å². The average molecular weight is 326 g/mol. The van der Waals surface area contributed by atoms with E-state index in [4.69, 9.17) is 0 Å². The van der Waals surface area contributed by atoms with Gasteiger partial charge < -0.3 is 10.2 Å². The second-order valence-electron chi connectivity index (χ2n) is 6.46. The highest BCUT2D eigenvalue weighted by Crippen LogP contribution is 2.40. The summed E-state index contributed by atoms with van der Waals surface area (Å²) in [6.07, 6.45) is 8.62. The lowest BCUT2D eigenvalue weighted by Gasteiger charge is -2.28. The predicted octanol–water partition coefficient (Wildman–Crippen LogP) is 5.91. The first kappa shape index (κ1) is 15.5. The van der Waals surface area contributed by atoms with Gasteiger partial charge in [-0.05, 0) is 55.7 Å². The van der Waals surface area contributed by atoms with Gasteiger partial charge in [-0.25, -0.2) is 0 Å². The molecule has 0 atom stereocenters. The third kappa shape index (κ3) is 2.91. The smallest absolute Gasteiger partial charge is 0.0534 e. The molecule has 0 saturated heterocycles. The Morgan fingerprint density at radius 3 is 2.60 bits per heavy atom. The summed E-state index contributed by atoms with van der Waals surface area (Å²) in [7, 11) is 0. The number of hydrogen-bond donors (Lipinski definition) is 1. The number of nitrogens with one attached hydrogen (secondary N) is 1. The van der Waals surface area contributed by atoms with Crippen LogP contribution in [0.1, 0.15) is 25.3 Å². The number of fused-ring (bicyclic) bond motifs is 2. The number of rotatable bonds is 1. The summed E-state index contributed by atoms with van der Waals surface area (Å²) >= 11 is 0. The molecule has 1 heterocycles. The van der Waals surface area contributed by atoms with Gasteiger partial charge in [-0.1, -0.05) is 49.1 Å². The molecular weight excluding hydrogens is 304 g/mol. The second-order valence-corrected chi connectivity index (χ2v) is 6.46. The molecule has 2 heteroatoms. The SMILES string of the molecule is C=C1/C=C(\C)N(c2ccccc2)c2ccccc2C2=C(C=CCC2)N1. The number of para-hydroxylation sites is 2. The fourth-order valence-electron chi connectivity index (χ4n) is 3.62. The molecule has 4 rings (SSSR count). The van der Waals surface area contributed by atoms with E-state index in [1.165, 1.54) is 16.8 Å². The molecule has 1 aliphatic heterocycles. The molecule has 0 bridgehead atoms. The molecular formula is C23H22N2. The van der Waals surface area contributed by atoms with Gasteiger partial charge in [0.05, 0.1) is 5.69 Å². The standard InChI is InChI=1S/C23H22N2/c1-17-16-18(2)25(19-10-4-3-5-11-19)23-15-9-7-13-21(23)20-12-6-8-14-22(20)24-17/h3-5,7-11,13-16,24H,1,6,12H2,2H3/b18-16+. The first-order valence-corrected chi connectivity index (χ1v) is 8.72. The minimum atomic E-state index is 0.908. The first-order valence-electron chi connectivity index (χ1n) is 8.72. The van der Waals surface area contributed by atoms with Crippen LogP contribution in [-0.4, -0.2) is 0 Å². The summed E-state index contributed by atoms with van der Waals surface area (Å²) in [6.45, 7) is 6.34. The van der Waals surface area contributed by atoms with Gasteiger partial charge in [-0.2, -0.15) is 0 Å². The zero-order valence-electron chi connectivity index (χ0n) is 14.5. The van der Waals surface area contributed by atoms with Gasteiger partial charge in [-0.3, -0.25) is 0 Å². The number of nitrogens with zero attached hydrogens (tertiary/aromatic N) is 1. The molecule has 0 unspecified atom stereocenters. The Kier molecular flexibility index (Phi) is 4.02. The molecule has 0 radical (unpaired) electrons. The monoisotopic (exact) mass is 326 g/mol. The van der Waals surface area contributed by atoms with Crippen LogP contribution in [0.3, 0.4) is 0 Å². The fourth-order valence-corrected chi connectivity index (χ4v) is 3.62. The van der Waals surface area contributed by atoms with Crippen LogP contribution in [0.2, 0.25) is 0 Å². The van der Waals surface area contributed by atoms with Crippen LogP contribution < -0.4 is 10.2 Å². The van der Waals surface area contributed by atoms with Crippen molar-refractivity contribution >= 4 is 16.9 Å². The van der Waals surface area contributed by atoms with E-state index in [2.05, 4.69) is 96.5 Å². The molecule has 2 aliphatic rings. The molecule has 2 aromatic rings. The van der Waals surface area contributed by atoms with Crippen molar-refractivity contribution in [3.05, 3.63) is 102 Å². The van der Waals surface area contributed by atoms with Gasteiger partial charge >= 0.3 is 0 Å². The van der Waals surface area contributed by atoms with E-state index in [1.54, 1.807) is 0 Å². The topological polar surface area (TPSA) is 15.3 Å². The van der Waals surface area contributed by atoms with Crippen LogP contribution in [-0.2, 0) is 0 Å². The van der Waals surface area contributed by atoms with E-state index in [0.717, 1.165) is 35.6 Å². The molecule has 2 nitrogen and oxygen atoms in total. The van der Waals surface area contributed by atoms with Crippen LogP contribution in [0.4, 0.5) is 11.4 Å². The van der Waals surface area contributed by atoms with Crippen molar-refractivity contribution < 1.29 is 0 Å². The average Bonchev–Trinajstić information content (AvgIpc) is 2.67.